The van der Waals surface area contributed by atoms with Crippen molar-refractivity contribution in [2.45, 2.75) is 12.7 Å². The summed E-state index contributed by atoms with van der Waals surface area (Å²) in [7, 11) is 0. The van der Waals surface area contributed by atoms with E-state index in [1.807, 2.05) is 6.07 Å². The number of hydrogen-bond donors (Lipinski definition) is 0. The molecule has 0 atom stereocenters. The summed E-state index contributed by atoms with van der Waals surface area (Å²) < 4.78 is 15.7. The maximum Gasteiger partial charge on any atom is 0.349 e. The Morgan fingerprint density at radius 3 is 2.56 bits per heavy atom. The third-order valence-corrected chi connectivity index (χ3v) is 2.61. The molecular formula is C13H13NO4. The van der Waals surface area contributed by atoms with Crippen LogP contribution in [0, 0.1) is 11.3 Å². The van der Waals surface area contributed by atoms with E-state index >= 15 is 0 Å². The third kappa shape index (κ3) is 2.35. The first kappa shape index (κ1) is 12.6. The van der Waals surface area contributed by atoms with Crippen LogP contribution in [0.2, 0.25) is 0 Å². The van der Waals surface area contributed by atoms with Gasteiger partial charge < -0.3 is 14.2 Å². The van der Waals surface area contributed by atoms with Crippen LogP contribution < -0.4 is 0 Å². The molecule has 0 aromatic heterocycles. The lowest BCUT2D eigenvalue weighted by atomic mass is 10.0. The number of allylic oxidation sites excluding steroid dienone is 3. The molecule has 2 rings (SSSR count). The van der Waals surface area contributed by atoms with E-state index in [4.69, 9.17) is 19.5 Å². The molecule has 94 valence electrons. The van der Waals surface area contributed by atoms with Gasteiger partial charge >= 0.3 is 5.97 Å². The average Bonchev–Trinajstić information content (AvgIpc) is 2.82. The fourth-order valence-corrected chi connectivity index (χ4v) is 1.76. The lowest BCUT2D eigenvalue weighted by molar-refractivity contribution is -0.138. The van der Waals surface area contributed by atoms with Gasteiger partial charge in [0.25, 0.3) is 0 Å². The predicted octanol–water partition coefficient (Wildman–Crippen LogP) is 1.24. The van der Waals surface area contributed by atoms with Crippen LogP contribution in [0.5, 0.6) is 0 Å². The number of nitrogens with zero attached hydrogens (tertiary/aromatic N) is 1. The van der Waals surface area contributed by atoms with Gasteiger partial charge in [-0.25, -0.2) is 4.79 Å². The monoisotopic (exact) mass is 247 g/mol. The standard InChI is InChI=1S/C13H13NO4/c1-2-16-12(15)11(9-14)10-3-5-13(6-4-10)17-7-8-18-13/h3-6H,2,7-8H2,1H3. The Labute approximate surface area is 105 Å². The Hall–Kier alpha value is -1.90. The summed E-state index contributed by atoms with van der Waals surface area (Å²) in [6, 6.07) is 1.86. The highest BCUT2D eigenvalue weighted by molar-refractivity contribution is 5.95. The fourth-order valence-electron chi connectivity index (χ4n) is 1.76. The van der Waals surface area contributed by atoms with Crippen molar-refractivity contribution in [1.29, 1.82) is 5.26 Å². The third-order valence-electron chi connectivity index (χ3n) is 2.61. The molecule has 0 amide bonds. The van der Waals surface area contributed by atoms with Gasteiger partial charge in [-0.2, -0.15) is 5.26 Å². The normalized spacial score (nSPS) is 19.9. The number of hydrogen-bond acceptors (Lipinski definition) is 5. The number of carbonyl (C=O) groups is 1. The van der Waals surface area contributed by atoms with Gasteiger partial charge in [-0.3, -0.25) is 0 Å². The van der Waals surface area contributed by atoms with Gasteiger partial charge in [0.05, 0.1) is 19.8 Å². The second-order valence-corrected chi connectivity index (χ2v) is 3.75. The predicted molar refractivity (Wildman–Crippen MR) is 62.2 cm³/mol. The van der Waals surface area contributed by atoms with E-state index in [1.165, 1.54) is 0 Å². The minimum Gasteiger partial charge on any atom is -0.462 e. The molecule has 1 fully saturated rings. The molecule has 0 aromatic carbocycles. The quantitative estimate of drug-likeness (QED) is 0.417. The molecule has 5 nitrogen and oxygen atoms in total. The second-order valence-electron chi connectivity index (χ2n) is 3.75. The molecule has 1 aliphatic carbocycles. The van der Waals surface area contributed by atoms with Crippen molar-refractivity contribution >= 4 is 5.97 Å². The van der Waals surface area contributed by atoms with E-state index in [0.717, 1.165) is 0 Å². The van der Waals surface area contributed by atoms with Gasteiger partial charge in [0.15, 0.2) is 0 Å². The number of nitriles is 1. The van der Waals surface area contributed by atoms with Crippen LogP contribution in [0.1, 0.15) is 6.92 Å². The number of rotatable bonds is 2. The Morgan fingerprint density at radius 2 is 2.06 bits per heavy atom. The zero-order chi connectivity index (χ0) is 13.0. The summed E-state index contributed by atoms with van der Waals surface area (Å²) in [5, 5.41) is 8.99. The summed E-state index contributed by atoms with van der Waals surface area (Å²) in [5.74, 6) is -1.45. The van der Waals surface area contributed by atoms with E-state index in [-0.39, 0.29) is 12.2 Å². The molecule has 1 heterocycles. The first-order valence-corrected chi connectivity index (χ1v) is 5.68. The highest BCUT2D eigenvalue weighted by Gasteiger charge is 2.33. The highest BCUT2D eigenvalue weighted by atomic mass is 16.7. The van der Waals surface area contributed by atoms with Crippen molar-refractivity contribution in [2.75, 3.05) is 19.8 Å². The van der Waals surface area contributed by atoms with Crippen LogP contribution in [0.25, 0.3) is 0 Å². The molecule has 0 bridgehead atoms. The Kier molecular flexibility index (Phi) is 3.60. The largest absolute Gasteiger partial charge is 0.462 e. The van der Waals surface area contributed by atoms with E-state index in [0.29, 0.717) is 18.8 Å². The van der Waals surface area contributed by atoms with Crippen LogP contribution in [-0.2, 0) is 19.0 Å². The molecular weight excluding hydrogens is 234 g/mol. The Bertz CT molecular complexity index is 458. The SMILES string of the molecule is CCOC(=O)C(C#N)=C1C=CC2(C=C1)OCCO2. The Balaban J connectivity index is 2.23. The molecule has 18 heavy (non-hydrogen) atoms. The molecule has 0 unspecified atom stereocenters. The number of carbonyl (C=O) groups excluding carboxylic acids is 1. The first-order valence-electron chi connectivity index (χ1n) is 5.68. The van der Waals surface area contributed by atoms with Crippen LogP contribution in [0.4, 0.5) is 0 Å². The second kappa shape index (κ2) is 5.17. The van der Waals surface area contributed by atoms with Gasteiger partial charge in [-0.1, -0.05) is 12.2 Å². The summed E-state index contributed by atoms with van der Waals surface area (Å²) in [5.41, 5.74) is 0.484. The Morgan fingerprint density at radius 1 is 1.44 bits per heavy atom. The van der Waals surface area contributed by atoms with Crippen LogP contribution in [0.15, 0.2) is 35.5 Å². The van der Waals surface area contributed by atoms with Crippen molar-refractivity contribution in [1.82, 2.24) is 0 Å². The highest BCUT2D eigenvalue weighted by Crippen LogP contribution is 2.28. The molecule has 0 N–H and O–H groups in total. The molecule has 1 saturated heterocycles. The van der Waals surface area contributed by atoms with Crippen molar-refractivity contribution in [3.63, 3.8) is 0 Å². The summed E-state index contributed by atoms with van der Waals surface area (Å²) >= 11 is 0. The molecule has 0 aromatic rings. The van der Waals surface area contributed by atoms with Gasteiger partial charge in [-0.15, -0.1) is 0 Å². The maximum atomic E-state index is 11.6. The minimum absolute atomic E-state index is 0.0165. The molecule has 0 radical (unpaired) electrons. The van der Waals surface area contributed by atoms with Crippen molar-refractivity contribution < 1.29 is 19.0 Å². The summed E-state index contributed by atoms with van der Waals surface area (Å²) in [4.78, 5) is 11.6. The molecule has 2 aliphatic rings. The van der Waals surface area contributed by atoms with E-state index in [9.17, 15) is 4.79 Å². The summed E-state index contributed by atoms with van der Waals surface area (Å²) in [6.07, 6.45) is 6.65. The van der Waals surface area contributed by atoms with Gasteiger partial charge in [-0.05, 0) is 24.6 Å². The van der Waals surface area contributed by atoms with Gasteiger partial charge in [0, 0.05) is 0 Å². The molecule has 5 heteroatoms. The summed E-state index contributed by atoms with van der Waals surface area (Å²) in [6.45, 7) is 2.98. The van der Waals surface area contributed by atoms with Crippen LogP contribution in [-0.4, -0.2) is 31.6 Å². The maximum absolute atomic E-state index is 11.6. The number of esters is 1. The number of ether oxygens (including phenoxy) is 3. The zero-order valence-corrected chi connectivity index (χ0v) is 10.0. The lowest BCUT2D eigenvalue weighted by Gasteiger charge is -2.22. The van der Waals surface area contributed by atoms with Gasteiger partial charge in [0.2, 0.25) is 5.79 Å². The minimum atomic E-state index is -0.835. The smallest absolute Gasteiger partial charge is 0.349 e. The van der Waals surface area contributed by atoms with Gasteiger partial charge in [0.1, 0.15) is 11.6 Å². The van der Waals surface area contributed by atoms with Crippen molar-refractivity contribution in [3.8, 4) is 6.07 Å². The average molecular weight is 247 g/mol. The first-order chi connectivity index (χ1) is 8.71. The lowest BCUT2D eigenvalue weighted by Crippen LogP contribution is -2.26. The van der Waals surface area contributed by atoms with Crippen LogP contribution in [0.3, 0.4) is 0 Å². The molecule has 0 saturated carbocycles. The fraction of sp³-hybridized carbons (Fsp3) is 0.385. The van der Waals surface area contributed by atoms with Crippen molar-refractivity contribution in [3.05, 3.63) is 35.5 Å². The van der Waals surface area contributed by atoms with E-state index in [1.54, 1.807) is 31.2 Å². The molecule has 1 aliphatic heterocycles. The van der Waals surface area contributed by atoms with Crippen molar-refractivity contribution in [2.24, 2.45) is 0 Å². The zero-order valence-electron chi connectivity index (χ0n) is 10.0. The molecule has 1 spiro atoms. The van der Waals surface area contributed by atoms with Crippen LogP contribution >= 0.6 is 0 Å². The topological polar surface area (TPSA) is 68.6 Å². The van der Waals surface area contributed by atoms with E-state index in [2.05, 4.69) is 0 Å². The van der Waals surface area contributed by atoms with E-state index < -0.39 is 11.8 Å².